The number of benzene rings is 2. The van der Waals surface area contributed by atoms with Crippen molar-refractivity contribution in [3.05, 3.63) is 78.6 Å². The normalized spacial score (nSPS) is 15.5. The Kier molecular flexibility index (Phi) is 6.01. The minimum absolute atomic E-state index is 0.321. The Morgan fingerprint density at radius 2 is 1.64 bits per heavy atom. The number of rotatable bonds is 5. The first-order valence-corrected chi connectivity index (χ1v) is 13.2. The molecule has 2 aromatic carbocycles. The Labute approximate surface area is 194 Å². The van der Waals surface area contributed by atoms with Gasteiger partial charge in [0.1, 0.15) is 5.65 Å². The fourth-order valence-electron chi connectivity index (χ4n) is 4.41. The third-order valence-electron chi connectivity index (χ3n) is 6.19. The number of pyridine rings is 1. The lowest BCUT2D eigenvalue weighted by Crippen LogP contribution is -2.28. The number of sulfone groups is 1. The van der Waals surface area contributed by atoms with Crippen LogP contribution in [0.3, 0.4) is 0 Å². The summed E-state index contributed by atoms with van der Waals surface area (Å²) in [5, 5.41) is 3.47. The first kappa shape index (κ1) is 21.8. The van der Waals surface area contributed by atoms with Crippen molar-refractivity contribution in [1.82, 2.24) is 19.6 Å². The highest BCUT2D eigenvalue weighted by Gasteiger charge is 2.19. The molecule has 4 aromatic rings. The van der Waals surface area contributed by atoms with Crippen LogP contribution in [0.2, 0.25) is 0 Å². The van der Waals surface area contributed by atoms with Crippen LogP contribution >= 0.6 is 0 Å². The Morgan fingerprint density at radius 1 is 0.879 bits per heavy atom. The van der Waals surface area contributed by atoms with Gasteiger partial charge in [-0.3, -0.25) is 4.90 Å². The van der Waals surface area contributed by atoms with Crippen LogP contribution in [-0.2, 0) is 16.4 Å². The quantitative estimate of drug-likeness (QED) is 0.490. The van der Waals surface area contributed by atoms with Gasteiger partial charge < -0.3 is 9.72 Å². The van der Waals surface area contributed by atoms with E-state index in [9.17, 15) is 8.42 Å². The van der Waals surface area contributed by atoms with E-state index in [0.29, 0.717) is 4.90 Å². The van der Waals surface area contributed by atoms with Crippen LogP contribution in [0.25, 0.3) is 28.0 Å². The maximum atomic E-state index is 11.9. The number of fused-ring (bicyclic) bond motifs is 1. The number of hydrogen-bond donors (Lipinski definition) is 1. The van der Waals surface area contributed by atoms with Crippen molar-refractivity contribution in [2.45, 2.75) is 17.9 Å². The molecule has 5 rings (SSSR count). The molecule has 33 heavy (non-hydrogen) atoms. The first-order valence-electron chi connectivity index (χ1n) is 11.3. The minimum Gasteiger partial charge on any atom is -0.315 e. The van der Waals surface area contributed by atoms with Crippen molar-refractivity contribution < 1.29 is 8.42 Å². The fourth-order valence-corrected chi connectivity index (χ4v) is 5.04. The zero-order chi connectivity index (χ0) is 22.8. The molecule has 0 bridgehead atoms. The van der Waals surface area contributed by atoms with E-state index < -0.39 is 9.84 Å². The van der Waals surface area contributed by atoms with E-state index in [2.05, 4.69) is 45.1 Å². The Morgan fingerprint density at radius 3 is 2.39 bits per heavy atom. The third-order valence-corrected chi connectivity index (χ3v) is 7.32. The van der Waals surface area contributed by atoms with Gasteiger partial charge in [0.15, 0.2) is 9.84 Å². The number of imidazole rings is 1. The molecule has 7 heteroatoms. The molecule has 0 unspecified atom stereocenters. The van der Waals surface area contributed by atoms with Gasteiger partial charge in [-0.15, -0.1) is 0 Å². The van der Waals surface area contributed by atoms with E-state index in [1.165, 1.54) is 6.26 Å². The predicted molar refractivity (Wildman–Crippen MR) is 132 cm³/mol. The third kappa shape index (κ3) is 4.71. The summed E-state index contributed by atoms with van der Waals surface area (Å²) in [4.78, 5) is 7.76. The molecule has 0 saturated carbocycles. The molecule has 1 aliphatic rings. The molecule has 1 fully saturated rings. The van der Waals surface area contributed by atoms with Crippen LogP contribution < -0.4 is 5.32 Å². The second kappa shape index (κ2) is 9.09. The van der Waals surface area contributed by atoms with Gasteiger partial charge in [-0.1, -0.05) is 42.5 Å². The molecular weight excluding hydrogens is 432 g/mol. The van der Waals surface area contributed by atoms with Crippen molar-refractivity contribution in [1.29, 1.82) is 0 Å². The lowest BCUT2D eigenvalue weighted by Gasteiger charge is -2.20. The first-order chi connectivity index (χ1) is 16.0. The maximum absolute atomic E-state index is 11.9. The zero-order valence-electron chi connectivity index (χ0n) is 18.7. The van der Waals surface area contributed by atoms with E-state index in [-0.39, 0.29) is 0 Å². The van der Waals surface area contributed by atoms with Crippen molar-refractivity contribution in [3.8, 4) is 22.4 Å². The summed E-state index contributed by atoms with van der Waals surface area (Å²) in [6, 6.07) is 21.6. The van der Waals surface area contributed by atoms with Crippen LogP contribution in [0, 0.1) is 0 Å². The average Bonchev–Trinajstić information content (AvgIpc) is 2.98. The zero-order valence-corrected chi connectivity index (χ0v) is 19.6. The van der Waals surface area contributed by atoms with Gasteiger partial charge in [0, 0.05) is 37.7 Å². The van der Waals surface area contributed by atoms with Crippen molar-refractivity contribution in [2.24, 2.45) is 0 Å². The van der Waals surface area contributed by atoms with Gasteiger partial charge in [-0.25, -0.2) is 13.4 Å². The van der Waals surface area contributed by atoms with Gasteiger partial charge in [0.05, 0.1) is 16.3 Å². The lowest BCUT2D eigenvalue weighted by atomic mass is 10.1. The van der Waals surface area contributed by atoms with Crippen LogP contribution in [0.4, 0.5) is 0 Å². The monoisotopic (exact) mass is 460 g/mol. The Bertz CT molecular complexity index is 1350. The van der Waals surface area contributed by atoms with Crippen molar-refractivity contribution >= 4 is 15.5 Å². The number of nitrogens with zero attached hydrogens (tertiary/aromatic N) is 3. The molecule has 1 saturated heterocycles. The largest absolute Gasteiger partial charge is 0.315 e. The second-order valence-corrected chi connectivity index (χ2v) is 10.6. The SMILES string of the molecule is CS(=O)(=O)c1ccc(-c2nc3ccc(-c4ccccc4)cn3c2CN2CCCNCC2)cc1. The second-order valence-electron chi connectivity index (χ2n) is 8.60. The van der Waals surface area contributed by atoms with Gasteiger partial charge >= 0.3 is 0 Å². The smallest absolute Gasteiger partial charge is 0.175 e. The van der Waals surface area contributed by atoms with Crippen molar-refractivity contribution in [2.75, 3.05) is 32.4 Å². The summed E-state index contributed by atoms with van der Waals surface area (Å²) in [5.74, 6) is 0. The molecule has 3 heterocycles. The molecule has 6 nitrogen and oxygen atoms in total. The fraction of sp³-hybridized carbons (Fsp3) is 0.269. The molecule has 1 aliphatic heterocycles. The summed E-state index contributed by atoms with van der Waals surface area (Å²) in [6.07, 6.45) is 4.51. The van der Waals surface area contributed by atoms with Gasteiger partial charge in [-0.05, 0) is 54.9 Å². The molecular formula is C26H28N4O2S. The highest BCUT2D eigenvalue weighted by molar-refractivity contribution is 7.90. The van der Waals surface area contributed by atoms with Gasteiger partial charge in [0.25, 0.3) is 0 Å². The Hall–Kier alpha value is -3.00. The molecule has 1 N–H and O–H groups in total. The predicted octanol–water partition coefficient (Wildman–Crippen LogP) is 3.87. The maximum Gasteiger partial charge on any atom is 0.175 e. The molecule has 0 atom stereocenters. The van der Waals surface area contributed by atoms with Crippen molar-refractivity contribution in [3.63, 3.8) is 0 Å². The molecule has 0 radical (unpaired) electrons. The molecule has 0 spiro atoms. The number of aromatic nitrogens is 2. The summed E-state index contributed by atoms with van der Waals surface area (Å²) >= 11 is 0. The van der Waals surface area contributed by atoms with E-state index >= 15 is 0 Å². The topological polar surface area (TPSA) is 66.7 Å². The summed E-state index contributed by atoms with van der Waals surface area (Å²) in [6.45, 7) is 4.82. The summed E-state index contributed by atoms with van der Waals surface area (Å²) < 4.78 is 26.0. The summed E-state index contributed by atoms with van der Waals surface area (Å²) in [5.41, 5.74) is 6.14. The molecule has 170 valence electrons. The van der Waals surface area contributed by atoms with E-state index in [1.54, 1.807) is 12.1 Å². The van der Waals surface area contributed by atoms with E-state index in [1.807, 2.05) is 30.3 Å². The van der Waals surface area contributed by atoms with Crippen LogP contribution in [-0.4, -0.2) is 55.1 Å². The van der Waals surface area contributed by atoms with Crippen LogP contribution in [0.1, 0.15) is 12.1 Å². The van der Waals surface area contributed by atoms with E-state index in [0.717, 1.165) is 72.9 Å². The highest BCUT2D eigenvalue weighted by atomic mass is 32.2. The van der Waals surface area contributed by atoms with Gasteiger partial charge in [-0.2, -0.15) is 0 Å². The minimum atomic E-state index is -3.24. The lowest BCUT2D eigenvalue weighted by molar-refractivity contribution is 0.281. The molecule has 2 aromatic heterocycles. The number of nitrogens with one attached hydrogen (secondary N) is 1. The molecule has 0 amide bonds. The number of hydrogen-bond acceptors (Lipinski definition) is 5. The van der Waals surface area contributed by atoms with Crippen LogP contribution in [0.5, 0.6) is 0 Å². The van der Waals surface area contributed by atoms with E-state index in [4.69, 9.17) is 4.98 Å². The van der Waals surface area contributed by atoms with Crippen LogP contribution in [0.15, 0.2) is 77.8 Å². The highest BCUT2D eigenvalue weighted by Crippen LogP contribution is 2.29. The average molecular weight is 461 g/mol. The standard InChI is InChI=1S/C26H28N4O2S/c1-33(31,32)23-11-8-21(9-12-23)26-24(19-29-16-5-14-27-15-17-29)30-18-22(10-13-25(30)28-26)20-6-3-2-4-7-20/h2-4,6-13,18,27H,5,14-17,19H2,1H3. The molecule has 0 aliphatic carbocycles. The summed E-state index contributed by atoms with van der Waals surface area (Å²) in [7, 11) is -3.24. The Balaban J connectivity index is 1.62. The van der Waals surface area contributed by atoms with Gasteiger partial charge in [0.2, 0.25) is 0 Å².